The van der Waals surface area contributed by atoms with Gasteiger partial charge in [-0.2, -0.15) is 0 Å². The predicted octanol–water partition coefficient (Wildman–Crippen LogP) is 2.32. The summed E-state index contributed by atoms with van der Waals surface area (Å²) >= 11 is 0. The first kappa shape index (κ1) is 11.1. The summed E-state index contributed by atoms with van der Waals surface area (Å²) in [6.07, 6.45) is 0. The summed E-state index contributed by atoms with van der Waals surface area (Å²) in [6.45, 7) is 0.939. The average Bonchev–Trinajstić information content (AvgIpc) is 2.35. The van der Waals surface area contributed by atoms with Crippen molar-refractivity contribution in [3.63, 3.8) is 0 Å². The largest absolute Gasteiger partial charge is 0.318 e. The molecule has 1 unspecified atom stereocenters. The van der Waals surface area contributed by atoms with Crippen LogP contribution < -0.4 is 10.6 Å². The third-order valence-corrected chi connectivity index (χ3v) is 2.93. The molecule has 0 radical (unpaired) electrons. The summed E-state index contributed by atoms with van der Waals surface area (Å²) in [7, 11) is 3.97. The summed E-state index contributed by atoms with van der Waals surface area (Å²) in [6, 6.07) is 15.5. The Morgan fingerprint density at radius 1 is 1.00 bits per heavy atom. The van der Waals surface area contributed by atoms with Crippen molar-refractivity contribution in [2.45, 2.75) is 6.04 Å². The zero-order valence-electron chi connectivity index (χ0n) is 9.83. The molecule has 2 heteroatoms. The van der Waals surface area contributed by atoms with Crippen molar-refractivity contribution in [3.8, 4) is 0 Å². The maximum Gasteiger partial charge on any atom is 0.0444 e. The summed E-state index contributed by atoms with van der Waals surface area (Å²) in [4.78, 5) is 0. The van der Waals surface area contributed by atoms with E-state index in [0.717, 1.165) is 6.54 Å². The Morgan fingerprint density at radius 2 is 1.75 bits per heavy atom. The molecular weight excluding hydrogens is 196 g/mol. The highest BCUT2D eigenvalue weighted by molar-refractivity contribution is 5.83. The molecule has 0 aliphatic heterocycles. The fourth-order valence-corrected chi connectivity index (χ4v) is 2.02. The van der Waals surface area contributed by atoms with Crippen LogP contribution in [-0.2, 0) is 0 Å². The average molecular weight is 214 g/mol. The van der Waals surface area contributed by atoms with Gasteiger partial charge in [-0.3, -0.25) is 0 Å². The normalized spacial score (nSPS) is 12.9. The van der Waals surface area contributed by atoms with Crippen LogP contribution in [0.3, 0.4) is 0 Å². The quantitative estimate of drug-likeness (QED) is 0.816. The minimum absolute atomic E-state index is 0.370. The van der Waals surface area contributed by atoms with Gasteiger partial charge in [0.2, 0.25) is 0 Å². The van der Waals surface area contributed by atoms with Crippen LogP contribution in [0.25, 0.3) is 10.8 Å². The van der Waals surface area contributed by atoms with Crippen molar-refractivity contribution >= 4 is 10.8 Å². The predicted molar refractivity (Wildman–Crippen MR) is 69.7 cm³/mol. The van der Waals surface area contributed by atoms with E-state index in [-0.39, 0.29) is 0 Å². The van der Waals surface area contributed by atoms with Gasteiger partial charge in [-0.1, -0.05) is 36.4 Å². The molecule has 2 rings (SSSR count). The van der Waals surface area contributed by atoms with Crippen LogP contribution in [0.15, 0.2) is 42.5 Å². The van der Waals surface area contributed by atoms with Crippen molar-refractivity contribution in [2.75, 3.05) is 20.6 Å². The Labute approximate surface area is 96.7 Å². The molecule has 0 aliphatic carbocycles. The van der Waals surface area contributed by atoms with E-state index in [4.69, 9.17) is 0 Å². The van der Waals surface area contributed by atoms with Crippen molar-refractivity contribution < 1.29 is 0 Å². The van der Waals surface area contributed by atoms with Crippen molar-refractivity contribution in [1.82, 2.24) is 10.6 Å². The van der Waals surface area contributed by atoms with Crippen molar-refractivity contribution in [1.29, 1.82) is 0 Å². The molecule has 0 heterocycles. The maximum atomic E-state index is 3.32. The molecule has 84 valence electrons. The highest BCUT2D eigenvalue weighted by Gasteiger charge is 2.07. The van der Waals surface area contributed by atoms with E-state index in [1.807, 2.05) is 14.1 Å². The Bertz CT molecular complexity index is 465. The fraction of sp³-hybridized carbons (Fsp3) is 0.286. The first-order valence-corrected chi connectivity index (χ1v) is 5.65. The fourth-order valence-electron chi connectivity index (χ4n) is 2.02. The van der Waals surface area contributed by atoms with Gasteiger partial charge in [-0.15, -0.1) is 0 Å². The van der Waals surface area contributed by atoms with Gasteiger partial charge in [0.25, 0.3) is 0 Å². The smallest absolute Gasteiger partial charge is 0.0444 e. The summed E-state index contributed by atoms with van der Waals surface area (Å²) in [5.74, 6) is 0. The number of benzene rings is 2. The van der Waals surface area contributed by atoms with Gasteiger partial charge >= 0.3 is 0 Å². The van der Waals surface area contributed by atoms with Crippen molar-refractivity contribution in [3.05, 3.63) is 48.0 Å². The van der Waals surface area contributed by atoms with Gasteiger partial charge in [0.15, 0.2) is 0 Å². The lowest BCUT2D eigenvalue weighted by molar-refractivity contribution is 0.559. The summed E-state index contributed by atoms with van der Waals surface area (Å²) in [5.41, 5.74) is 1.33. The van der Waals surface area contributed by atoms with Gasteiger partial charge in [-0.25, -0.2) is 0 Å². The molecule has 0 spiro atoms. The van der Waals surface area contributed by atoms with Crippen LogP contribution >= 0.6 is 0 Å². The first-order valence-electron chi connectivity index (χ1n) is 5.65. The number of hydrogen-bond donors (Lipinski definition) is 2. The monoisotopic (exact) mass is 214 g/mol. The number of likely N-dealkylation sites (N-methyl/N-ethyl adjacent to an activating group) is 2. The molecule has 0 saturated carbocycles. The Morgan fingerprint density at radius 3 is 2.44 bits per heavy atom. The molecule has 1 atom stereocenters. The van der Waals surface area contributed by atoms with Crippen LogP contribution in [0, 0.1) is 0 Å². The Hall–Kier alpha value is -1.38. The van der Waals surface area contributed by atoms with E-state index in [9.17, 15) is 0 Å². The van der Waals surface area contributed by atoms with Crippen LogP contribution in [0.2, 0.25) is 0 Å². The van der Waals surface area contributed by atoms with Gasteiger partial charge in [0, 0.05) is 12.6 Å². The van der Waals surface area contributed by atoms with Gasteiger partial charge < -0.3 is 10.6 Å². The third-order valence-electron chi connectivity index (χ3n) is 2.93. The molecule has 0 fully saturated rings. The lowest BCUT2D eigenvalue weighted by Crippen LogP contribution is -2.27. The number of rotatable bonds is 4. The molecule has 2 aromatic rings. The molecule has 0 amide bonds. The second-order valence-electron chi connectivity index (χ2n) is 4.01. The topological polar surface area (TPSA) is 24.1 Å². The van der Waals surface area contributed by atoms with Gasteiger partial charge in [0.1, 0.15) is 0 Å². The zero-order valence-corrected chi connectivity index (χ0v) is 9.83. The molecule has 16 heavy (non-hydrogen) atoms. The summed E-state index contributed by atoms with van der Waals surface area (Å²) < 4.78 is 0. The molecule has 0 aliphatic rings. The van der Waals surface area contributed by atoms with Crippen LogP contribution in [0.1, 0.15) is 11.6 Å². The molecule has 2 N–H and O–H groups in total. The third kappa shape index (κ3) is 2.23. The van der Waals surface area contributed by atoms with Crippen molar-refractivity contribution in [2.24, 2.45) is 0 Å². The molecule has 2 nitrogen and oxygen atoms in total. The molecule has 0 saturated heterocycles. The Balaban J connectivity index is 2.37. The number of nitrogens with one attached hydrogen (secondary N) is 2. The minimum Gasteiger partial charge on any atom is -0.318 e. The maximum absolute atomic E-state index is 3.32. The number of hydrogen-bond acceptors (Lipinski definition) is 2. The van der Waals surface area contributed by atoms with Crippen LogP contribution in [0.4, 0.5) is 0 Å². The summed E-state index contributed by atoms with van der Waals surface area (Å²) in [5, 5.41) is 9.12. The highest BCUT2D eigenvalue weighted by Crippen LogP contribution is 2.19. The second kappa shape index (κ2) is 5.10. The molecular formula is C14H18N2. The molecule has 0 aromatic heterocycles. The molecule has 2 aromatic carbocycles. The second-order valence-corrected chi connectivity index (χ2v) is 4.01. The highest BCUT2D eigenvalue weighted by atomic mass is 14.9. The minimum atomic E-state index is 0.370. The number of fused-ring (bicyclic) bond motifs is 1. The SMILES string of the molecule is CNCC(NC)c1ccc2ccccc2c1. The molecule has 0 bridgehead atoms. The van der Waals surface area contributed by atoms with Crippen LogP contribution in [0.5, 0.6) is 0 Å². The van der Waals surface area contributed by atoms with Gasteiger partial charge in [-0.05, 0) is 36.5 Å². The zero-order chi connectivity index (χ0) is 11.4. The van der Waals surface area contributed by atoms with E-state index >= 15 is 0 Å². The Kier molecular flexibility index (Phi) is 3.54. The van der Waals surface area contributed by atoms with Crippen LogP contribution in [-0.4, -0.2) is 20.6 Å². The first-order chi connectivity index (χ1) is 7.85. The lowest BCUT2D eigenvalue weighted by Gasteiger charge is -2.16. The van der Waals surface area contributed by atoms with E-state index < -0.39 is 0 Å². The van der Waals surface area contributed by atoms with E-state index in [1.54, 1.807) is 0 Å². The lowest BCUT2D eigenvalue weighted by atomic mass is 10.0. The van der Waals surface area contributed by atoms with E-state index in [1.165, 1.54) is 16.3 Å². The standard InChI is InChI=1S/C14H18N2/c1-15-10-14(16-2)13-8-7-11-5-3-4-6-12(11)9-13/h3-9,14-16H,10H2,1-2H3. The van der Waals surface area contributed by atoms with Gasteiger partial charge in [0.05, 0.1) is 0 Å². The van der Waals surface area contributed by atoms with E-state index in [0.29, 0.717) is 6.04 Å². The van der Waals surface area contributed by atoms with E-state index in [2.05, 4.69) is 53.1 Å².